The third kappa shape index (κ3) is 5.67. The van der Waals surface area contributed by atoms with Gasteiger partial charge in [0.05, 0.1) is 73.4 Å². The second-order valence-electron chi connectivity index (χ2n) is 9.60. The number of fused-ring (bicyclic) bond motifs is 1. The molecular weight excluding hydrogens is 606 g/mol. The van der Waals surface area contributed by atoms with Crippen LogP contribution in [0.3, 0.4) is 0 Å². The monoisotopic (exact) mass is 635 g/mol. The molecular formula is C31H29N3O10S. The molecule has 0 saturated carbocycles. The number of thiazole rings is 1. The largest absolute Gasteiger partial charge is 0.497 e. The van der Waals surface area contributed by atoms with Crippen molar-refractivity contribution in [2.45, 2.75) is 19.9 Å². The Hall–Kier alpha value is -5.37. The fourth-order valence-electron chi connectivity index (χ4n) is 5.07. The van der Waals surface area contributed by atoms with E-state index in [1.165, 1.54) is 51.2 Å². The highest BCUT2D eigenvalue weighted by Gasteiger charge is 2.35. The first-order valence-corrected chi connectivity index (χ1v) is 14.4. The Labute approximate surface area is 260 Å². The fourth-order valence-corrected chi connectivity index (χ4v) is 6.10. The molecule has 2 aromatic heterocycles. The third-order valence-corrected chi connectivity index (χ3v) is 8.07. The first-order valence-electron chi connectivity index (χ1n) is 13.6. The molecule has 45 heavy (non-hydrogen) atoms. The zero-order chi connectivity index (χ0) is 32.4. The number of nitro groups is 1. The maximum atomic E-state index is 14.0. The molecule has 0 aliphatic carbocycles. The van der Waals surface area contributed by atoms with Gasteiger partial charge in [-0.05, 0) is 55.8 Å². The Morgan fingerprint density at radius 2 is 1.78 bits per heavy atom. The number of benzene rings is 2. The van der Waals surface area contributed by atoms with Gasteiger partial charge in [0, 0.05) is 6.08 Å². The summed E-state index contributed by atoms with van der Waals surface area (Å²) in [5.74, 6) is 1.25. The molecule has 0 saturated heterocycles. The Bertz CT molecular complexity index is 2000. The van der Waals surface area contributed by atoms with Gasteiger partial charge in [-0.3, -0.25) is 19.5 Å². The Kier molecular flexibility index (Phi) is 8.77. The predicted octanol–water partition coefficient (Wildman–Crippen LogP) is 4.00. The van der Waals surface area contributed by atoms with Crippen molar-refractivity contribution in [1.29, 1.82) is 0 Å². The number of rotatable bonds is 10. The number of hydrogen-bond donors (Lipinski definition) is 0. The topological polar surface area (TPSA) is 154 Å². The molecule has 1 aliphatic rings. The van der Waals surface area contributed by atoms with Crippen molar-refractivity contribution in [2.24, 2.45) is 4.99 Å². The van der Waals surface area contributed by atoms with E-state index in [0.29, 0.717) is 39.1 Å². The summed E-state index contributed by atoms with van der Waals surface area (Å²) in [4.78, 5) is 43.4. The molecule has 0 N–H and O–H groups in total. The van der Waals surface area contributed by atoms with Gasteiger partial charge in [-0.1, -0.05) is 11.3 Å². The summed E-state index contributed by atoms with van der Waals surface area (Å²) >= 11 is 1.10. The van der Waals surface area contributed by atoms with Gasteiger partial charge in [0.1, 0.15) is 17.3 Å². The SMILES string of the molecule is CCOC(=O)C1=C(C)N=c2s/c(=C\c3ccc(-c4ccc(OC)cc4[N+](=O)[O-])o3)c(=O)n2[C@@H]1c1cc(OC)c(OC)c(OC)c1. The highest BCUT2D eigenvalue weighted by atomic mass is 32.1. The molecule has 0 spiro atoms. The second kappa shape index (κ2) is 12.7. The van der Waals surface area contributed by atoms with E-state index in [2.05, 4.69) is 4.99 Å². The zero-order valence-electron chi connectivity index (χ0n) is 25.2. The number of nitrogens with zero attached hydrogens (tertiary/aromatic N) is 3. The van der Waals surface area contributed by atoms with Crippen LogP contribution in [-0.4, -0.2) is 50.5 Å². The molecule has 234 valence electrons. The summed E-state index contributed by atoms with van der Waals surface area (Å²) in [5.41, 5.74) is 0.673. The minimum Gasteiger partial charge on any atom is -0.497 e. The van der Waals surface area contributed by atoms with Crippen molar-refractivity contribution in [3.63, 3.8) is 0 Å². The van der Waals surface area contributed by atoms with E-state index in [9.17, 15) is 19.7 Å². The summed E-state index contributed by atoms with van der Waals surface area (Å²) in [5, 5.41) is 11.7. The summed E-state index contributed by atoms with van der Waals surface area (Å²) < 4.78 is 34.6. The van der Waals surface area contributed by atoms with Crippen LogP contribution >= 0.6 is 11.3 Å². The van der Waals surface area contributed by atoms with E-state index < -0.39 is 22.5 Å². The highest BCUT2D eigenvalue weighted by Crippen LogP contribution is 2.42. The van der Waals surface area contributed by atoms with Crippen LogP contribution in [0.5, 0.6) is 23.0 Å². The molecule has 2 aromatic carbocycles. The summed E-state index contributed by atoms with van der Waals surface area (Å²) in [6, 6.07) is 10.0. The standard InChI is InChI=1S/C31H29N3O10S/c1-7-43-30(36)26-16(2)32-31-33(27(26)17-12-23(40-4)28(42-6)24(13-17)41-5)29(35)25(45-31)15-19-9-11-22(44-19)20-10-8-18(39-3)14-21(20)34(37)38/h8-15,27H,7H2,1-6H3/b25-15-/t27-/m1/s1. The van der Waals surface area contributed by atoms with Gasteiger partial charge < -0.3 is 28.1 Å². The average molecular weight is 636 g/mol. The van der Waals surface area contributed by atoms with Gasteiger partial charge in [-0.25, -0.2) is 9.79 Å². The molecule has 5 rings (SSSR count). The molecule has 0 radical (unpaired) electrons. The molecule has 0 unspecified atom stereocenters. The number of aromatic nitrogens is 1. The van der Waals surface area contributed by atoms with Crippen LogP contribution in [0.1, 0.15) is 31.2 Å². The van der Waals surface area contributed by atoms with E-state index >= 15 is 0 Å². The second-order valence-corrected chi connectivity index (χ2v) is 10.6. The smallest absolute Gasteiger partial charge is 0.338 e. The lowest BCUT2D eigenvalue weighted by molar-refractivity contribution is -0.384. The number of carbonyl (C=O) groups excluding carboxylic acids is 1. The number of ether oxygens (including phenoxy) is 5. The number of allylic oxidation sites excluding steroid dienone is 1. The van der Waals surface area contributed by atoms with Crippen molar-refractivity contribution in [2.75, 3.05) is 35.0 Å². The number of carbonyl (C=O) groups is 1. The van der Waals surface area contributed by atoms with Gasteiger partial charge in [-0.2, -0.15) is 0 Å². The molecule has 14 heteroatoms. The lowest BCUT2D eigenvalue weighted by atomic mass is 9.95. The maximum absolute atomic E-state index is 14.0. The van der Waals surface area contributed by atoms with E-state index in [1.54, 1.807) is 44.2 Å². The number of nitro benzene ring substituents is 1. The quantitative estimate of drug-likeness (QED) is 0.142. The third-order valence-electron chi connectivity index (χ3n) is 7.09. The predicted molar refractivity (Wildman–Crippen MR) is 164 cm³/mol. The summed E-state index contributed by atoms with van der Waals surface area (Å²) in [6.45, 7) is 3.49. The van der Waals surface area contributed by atoms with Gasteiger partial charge in [0.2, 0.25) is 5.75 Å². The first kappa shape index (κ1) is 31.1. The van der Waals surface area contributed by atoms with Crippen molar-refractivity contribution in [1.82, 2.24) is 4.57 Å². The molecule has 13 nitrogen and oxygen atoms in total. The highest BCUT2D eigenvalue weighted by molar-refractivity contribution is 7.07. The van der Waals surface area contributed by atoms with Crippen LogP contribution in [0.4, 0.5) is 5.69 Å². The fraction of sp³-hybridized carbons (Fsp3) is 0.258. The Morgan fingerprint density at radius 3 is 2.38 bits per heavy atom. The summed E-state index contributed by atoms with van der Waals surface area (Å²) in [6.07, 6.45) is 1.53. The molecule has 0 fully saturated rings. The average Bonchev–Trinajstić information content (AvgIpc) is 3.62. The molecule has 4 aromatic rings. The normalized spacial score (nSPS) is 14.4. The van der Waals surface area contributed by atoms with Crippen LogP contribution in [0.2, 0.25) is 0 Å². The summed E-state index contributed by atoms with van der Waals surface area (Å²) in [7, 11) is 5.84. The minimum atomic E-state index is -0.940. The van der Waals surface area contributed by atoms with Crippen molar-refractivity contribution >= 4 is 29.1 Å². The number of esters is 1. The Morgan fingerprint density at radius 1 is 1.07 bits per heavy atom. The van der Waals surface area contributed by atoms with E-state index in [4.69, 9.17) is 28.1 Å². The van der Waals surface area contributed by atoms with E-state index in [-0.39, 0.29) is 39.5 Å². The van der Waals surface area contributed by atoms with Crippen molar-refractivity contribution in [3.05, 3.63) is 94.9 Å². The van der Waals surface area contributed by atoms with Crippen LogP contribution in [0.15, 0.2) is 67.9 Å². The minimum absolute atomic E-state index is 0.120. The van der Waals surface area contributed by atoms with Gasteiger partial charge in [-0.15, -0.1) is 0 Å². The maximum Gasteiger partial charge on any atom is 0.338 e. The molecule has 0 bridgehead atoms. The number of furan rings is 1. The molecule has 0 amide bonds. The van der Waals surface area contributed by atoms with Crippen LogP contribution < -0.4 is 33.8 Å². The zero-order valence-corrected chi connectivity index (χ0v) is 26.1. The first-order chi connectivity index (χ1) is 21.6. The molecule has 1 aliphatic heterocycles. The molecule has 1 atom stereocenters. The lowest BCUT2D eigenvalue weighted by Crippen LogP contribution is -2.40. The van der Waals surface area contributed by atoms with Gasteiger partial charge in [0.15, 0.2) is 16.3 Å². The van der Waals surface area contributed by atoms with Gasteiger partial charge in [0.25, 0.3) is 11.2 Å². The molecule has 3 heterocycles. The lowest BCUT2D eigenvalue weighted by Gasteiger charge is -2.26. The Balaban J connectivity index is 1.68. The van der Waals surface area contributed by atoms with Gasteiger partial charge >= 0.3 is 5.97 Å². The van der Waals surface area contributed by atoms with Crippen LogP contribution in [0, 0.1) is 10.1 Å². The van der Waals surface area contributed by atoms with E-state index in [1.807, 2.05) is 0 Å². The van der Waals surface area contributed by atoms with Crippen molar-refractivity contribution in [3.8, 4) is 34.3 Å². The van der Waals surface area contributed by atoms with Crippen LogP contribution in [-0.2, 0) is 9.53 Å². The number of hydrogen-bond acceptors (Lipinski definition) is 12. The number of methoxy groups -OCH3 is 4. The van der Waals surface area contributed by atoms with E-state index in [0.717, 1.165) is 11.3 Å². The van der Waals surface area contributed by atoms with Crippen LogP contribution in [0.25, 0.3) is 17.4 Å². The van der Waals surface area contributed by atoms with Crippen molar-refractivity contribution < 1.29 is 37.8 Å².